The molecule has 5 rings (SSSR count). The van der Waals surface area contributed by atoms with E-state index in [2.05, 4.69) is 11.9 Å². The van der Waals surface area contributed by atoms with Gasteiger partial charge in [0.15, 0.2) is 0 Å². The Morgan fingerprint density at radius 3 is 1.96 bits per heavy atom. The molecule has 2 aliphatic carbocycles. The smallest absolute Gasteiger partial charge is 0.402 e. The summed E-state index contributed by atoms with van der Waals surface area (Å²) in [5, 5.41) is 35.9. The van der Waals surface area contributed by atoms with Gasteiger partial charge in [0.1, 0.15) is 5.60 Å². The van der Waals surface area contributed by atoms with Crippen molar-refractivity contribution in [2.24, 2.45) is 41.4 Å². The number of pyridine rings is 1. The normalized spacial score (nSPS) is 34.8. The zero-order chi connectivity index (χ0) is 39.4. The summed E-state index contributed by atoms with van der Waals surface area (Å²) < 4.78 is 107. The first kappa shape index (κ1) is 42.7. The molecule has 1 aromatic heterocycles. The second kappa shape index (κ2) is 17.8. The summed E-state index contributed by atoms with van der Waals surface area (Å²) in [5.41, 5.74) is -1.89. The monoisotopic (exact) mass is 777 g/mol. The Bertz CT molecular complexity index is 1470. The van der Waals surface area contributed by atoms with E-state index in [0.717, 1.165) is 12.8 Å². The first-order valence-electron chi connectivity index (χ1n) is 19.1. The largest absolute Gasteiger partial charge is 0.869 e. The van der Waals surface area contributed by atoms with Crippen LogP contribution in [0.5, 0.6) is 0 Å². The summed E-state index contributed by atoms with van der Waals surface area (Å²) in [7, 11) is 0. The zero-order valence-electron chi connectivity index (χ0n) is 31.3. The van der Waals surface area contributed by atoms with Gasteiger partial charge in [0.25, 0.3) is 0 Å². The Morgan fingerprint density at radius 1 is 0.759 bits per heavy atom. The number of halogens is 6. The maximum absolute atomic E-state index is 14.0. The van der Waals surface area contributed by atoms with Crippen molar-refractivity contribution in [1.82, 2.24) is 4.98 Å². The molecule has 1 aromatic rings. The highest BCUT2D eigenvalue weighted by molar-refractivity contribution is 5.23. The standard InChI is InChI=1S/C39H55F6NO8/c1-22-8-12-29(30-20-52-24(3)10-13-28(22)30)31(35(47)38(40,41)42)18-50-16-26-6-5-7-27(46-26)17-51-19-32(36(48)39(43,44)45)34-14-9-23(2)33-15-11-25(4)53-21-37(33,34)54-49/h5-7,22-25,28-30,33-34,47-49H,8-21H2,1-4H3/p-2/b35-31-,36-32-/t22-,23-,24+,25+,28+,29-,30?,33+,34?,37-/m1/s1. The van der Waals surface area contributed by atoms with Gasteiger partial charge in [-0.15, -0.1) is 0 Å². The van der Waals surface area contributed by atoms with Gasteiger partial charge in [-0.2, -0.15) is 26.3 Å². The van der Waals surface area contributed by atoms with Gasteiger partial charge in [-0.1, -0.05) is 19.9 Å². The molecule has 3 heterocycles. The van der Waals surface area contributed by atoms with Crippen molar-refractivity contribution in [1.29, 1.82) is 0 Å². The minimum absolute atomic E-state index is 0.00204. The van der Waals surface area contributed by atoms with E-state index in [1.54, 1.807) is 18.2 Å². The lowest BCUT2D eigenvalue weighted by Crippen LogP contribution is -2.56. The highest BCUT2D eigenvalue weighted by atomic mass is 19.4. The van der Waals surface area contributed by atoms with Crippen LogP contribution in [0.25, 0.3) is 0 Å². The van der Waals surface area contributed by atoms with Crippen LogP contribution in [0, 0.1) is 41.4 Å². The Balaban J connectivity index is 1.28. The average molecular weight is 778 g/mol. The van der Waals surface area contributed by atoms with Gasteiger partial charge in [-0.05, 0) is 136 Å². The van der Waals surface area contributed by atoms with E-state index in [1.807, 2.05) is 20.8 Å². The fraction of sp³-hybridized carbons (Fsp3) is 0.769. The minimum Gasteiger partial charge on any atom is -0.869 e. The van der Waals surface area contributed by atoms with Crippen molar-refractivity contribution in [2.45, 2.75) is 122 Å². The summed E-state index contributed by atoms with van der Waals surface area (Å²) in [4.78, 5) is 9.46. The maximum Gasteiger partial charge on any atom is 0.402 e. The van der Waals surface area contributed by atoms with E-state index in [9.17, 15) is 41.8 Å². The Kier molecular flexibility index (Phi) is 14.1. The zero-order valence-corrected chi connectivity index (χ0v) is 31.3. The molecule has 0 amide bonds. The van der Waals surface area contributed by atoms with Crippen molar-refractivity contribution in [3.8, 4) is 0 Å². The van der Waals surface area contributed by atoms with Gasteiger partial charge in [0, 0.05) is 5.92 Å². The Hall–Kier alpha value is -2.43. The predicted octanol–water partition coefficient (Wildman–Crippen LogP) is 7.04. The third-order valence-corrected chi connectivity index (χ3v) is 12.5. The molecule has 9 nitrogen and oxygen atoms in total. The SMILES string of the molecule is C[C@@H]1CC[C@@H](/C(COCc2cccc(COC/C(=C(/[O-])C(F)(F)F)C3CC[C@@H](C)[C@@H]4CC[C@H](C)OC[C@]34OO)n2)=C(\[O-])C(F)(F)F)C2CO[C@@H](C)CC[C@H]21. The predicted molar refractivity (Wildman–Crippen MR) is 180 cm³/mol. The fourth-order valence-electron chi connectivity index (χ4n) is 9.55. The number of fused-ring (bicyclic) bond motifs is 2. The Morgan fingerprint density at radius 2 is 1.33 bits per heavy atom. The molecule has 0 radical (unpaired) electrons. The lowest BCUT2D eigenvalue weighted by Gasteiger charge is -2.50. The third kappa shape index (κ3) is 9.74. The van der Waals surface area contributed by atoms with Gasteiger partial charge >= 0.3 is 12.4 Å². The number of alkyl halides is 6. The van der Waals surface area contributed by atoms with Gasteiger partial charge in [-0.25, -0.2) is 4.89 Å². The molecule has 15 heteroatoms. The van der Waals surface area contributed by atoms with Gasteiger partial charge < -0.3 is 29.2 Å². The van der Waals surface area contributed by atoms with Crippen molar-refractivity contribution in [3.63, 3.8) is 0 Å². The first-order valence-corrected chi connectivity index (χ1v) is 19.1. The molecule has 4 fully saturated rings. The van der Waals surface area contributed by atoms with E-state index < -0.39 is 60.1 Å². The molecule has 2 saturated carbocycles. The molecular weight excluding hydrogens is 724 g/mol. The molecular formula is C39H53F6NO8-2. The fourth-order valence-corrected chi connectivity index (χ4v) is 9.55. The van der Waals surface area contributed by atoms with Crippen LogP contribution in [0.2, 0.25) is 0 Å². The number of aromatic nitrogens is 1. The number of nitrogens with zero attached hydrogens (tertiary/aromatic N) is 1. The topological polar surface area (TPSA) is 125 Å². The molecule has 54 heavy (non-hydrogen) atoms. The maximum atomic E-state index is 14.0. The summed E-state index contributed by atoms with van der Waals surface area (Å²) in [6.07, 6.45) is -6.00. The van der Waals surface area contributed by atoms with Crippen LogP contribution in [0.15, 0.2) is 40.9 Å². The van der Waals surface area contributed by atoms with E-state index >= 15 is 0 Å². The summed E-state index contributed by atoms with van der Waals surface area (Å²) in [6, 6.07) is 4.70. The second-order valence-corrected chi connectivity index (χ2v) is 16.0. The van der Waals surface area contributed by atoms with Gasteiger partial charge in [0.05, 0.1) is 63.2 Å². The summed E-state index contributed by atoms with van der Waals surface area (Å²) >= 11 is 0. The average Bonchev–Trinajstić information content (AvgIpc) is 3.43. The number of ether oxygens (including phenoxy) is 4. The first-order chi connectivity index (χ1) is 25.5. The van der Waals surface area contributed by atoms with E-state index in [1.165, 1.54) is 0 Å². The molecule has 306 valence electrons. The molecule has 0 aromatic carbocycles. The van der Waals surface area contributed by atoms with Crippen molar-refractivity contribution < 1.29 is 65.6 Å². The lowest BCUT2D eigenvalue weighted by molar-refractivity contribution is -0.377. The van der Waals surface area contributed by atoms with E-state index in [0.29, 0.717) is 43.7 Å². The van der Waals surface area contributed by atoms with Crippen LogP contribution in [-0.2, 0) is 37.0 Å². The van der Waals surface area contributed by atoms with Crippen LogP contribution in [0.3, 0.4) is 0 Å². The van der Waals surface area contributed by atoms with E-state index in [-0.39, 0.29) is 80.0 Å². The molecule has 2 unspecified atom stereocenters. The van der Waals surface area contributed by atoms with Crippen molar-refractivity contribution in [3.05, 3.63) is 52.3 Å². The third-order valence-electron chi connectivity index (χ3n) is 12.5. The summed E-state index contributed by atoms with van der Waals surface area (Å²) in [5.74, 6) is -5.92. The molecule has 2 aliphatic heterocycles. The minimum atomic E-state index is -5.20. The number of allylic oxidation sites excluding steroid dienone is 2. The highest BCUT2D eigenvalue weighted by Gasteiger charge is 2.55. The van der Waals surface area contributed by atoms with Crippen molar-refractivity contribution in [2.75, 3.05) is 26.4 Å². The highest BCUT2D eigenvalue weighted by Crippen LogP contribution is 2.52. The van der Waals surface area contributed by atoms with Gasteiger partial charge in [-0.3, -0.25) is 10.2 Å². The van der Waals surface area contributed by atoms with Crippen LogP contribution >= 0.6 is 0 Å². The summed E-state index contributed by atoms with van der Waals surface area (Å²) in [6.45, 7) is 6.09. The van der Waals surface area contributed by atoms with Crippen LogP contribution in [0.4, 0.5) is 26.3 Å². The van der Waals surface area contributed by atoms with Gasteiger partial charge in [0.2, 0.25) is 0 Å². The molecule has 1 N–H and O–H groups in total. The van der Waals surface area contributed by atoms with Crippen LogP contribution in [-0.4, -0.2) is 66.8 Å². The number of hydrogen-bond acceptors (Lipinski definition) is 9. The lowest BCUT2D eigenvalue weighted by atomic mass is 9.61. The number of hydrogen-bond donors (Lipinski definition) is 1. The van der Waals surface area contributed by atoms with E-state index in [4.69, 9.17) is 23.8 Å². The molecule has 0 bridgehead atoms. The number of rotatable bonds is 11. The molecule has 10 atom stereocenters. The quantitative estimate of drug-likeness (QED) is 0.109. The van der Waals surface area contributed by atoms with Crippen LogP contribution < -0.4 is 10.2 Å². The van der Waals surface area contributed by atoms with Crippen molar-refractivity contribution >= 4 is 0 Å². The molecule has 2 saturated heterocycles. The second-order valence-electron chi connectivity index (χ2n) is 16.0. The molecule has 0 spiro atoms. The molecule has 4 aliphatic rings. The Labute approximate surface area is 313 Å². The van der Waals surface area contributed by atoms with Crippen LogP contribution in [0.1, 0.15) is 90.4 Å².